The SMILES string of the molecule is CCOc1cc(/C=C2/C(=N)N3N=C(c4ccccc4Cl)SC3=NC2=O)ccc1OCc1ccccc1. The lowest BCUT2D eigenvalue weighted by Gasteiger charge is -2.20. The first-order chi connectivity index (χ1) is 17.5. The van der Waals surface area contributed by atoms with Gasteiger partial charge in [-0.1, -0.05) is 66.2 Å². The van der Waals surface area contributed by atoms with E-state index in [-0.39, 0.29) is 11.4 Å². The molecule has 7 nitrogen and oxygen atoms in total. The van der Waals surface area contributed by atoms with Crippen LogP contribution in [0.15, 0.2) is 88.5 Å². The predicted molar refractivity (Wildman–Crippen MR) is 144 cm³/mol. The minimum atomic E-state index is -0.503. The zero-order valence-electron chi connectivity index (χ0n) is 19.3. The van der Waals surface area contributed by atoms with E-state index in [0.717, 1.165) is 11.1 Å². The van der Waals surface area contributed by atoms with Crippen molar-refractivity contribution < 1.29 is 14.3 Å². The molecule has 0 aromatic heterocycles. The molecule has 0 bridgehead atoms. The molecule has 0 fully saturated rings. The maximum atomic E-state index is 12.8. The van der Waals surface area contributed by atoms with Crippen LogP contribution < -0.4 is 9.47 Å². The molecule has 2 aliphatic rings. The van der Waals surface area contributed by atoms with Crippen molar-refractivity contribution in [3.8, 4) is 11.5 Å². The molecule has 0 unspecified atom stereocenters. The zero-order valence-corrected chi connectivity index (χ0v) is 20.8. The number of hydrogen-bond acceptors (Lipinski definition) is 6. The highest BCUT2D eigenvalue weighted by Gasteiger charge is 2.36. The molecule has 0 aliphatic carbocycles. The van der Waals surface area contributed by atoms with E-state index in [1.165, 1.54) is 16.8 Å². The fourth-order valence-corrected chi connectivity index (χ4v) is 4.85. The number of hydrogen-bond donors (Lipinski definition) is 1. The molecule has 2 aliphatic heterocycles. The number of benzene rings is 3. The van der Waals surface area contributed by atoms with E-state index in [0.29, 0.717) is 45.5 Å². The molecule has 9 heteroatoms. The number of ether oxygens (including phenoxy) is 2. The van der Waals surface area contributed by atoms with Gasteiger partial charge >= 0.3 is 0 Å². The summed E-state index contributed by atoms with van der Waals surface area (Å²) in [6, 6.07) is 22.5. The Hall–Kier alpha value is -3.88. The third-order valence-corrected chi connectivity index (χ3v) is 6.65. The zero-order chi connectivity index (χ0) is 25.1. The smallest absolute Gasteiger partial charge is 0.283 e. The second kappa shape index (κ2) is 10.4. The largest absolute Gasteiger partial charge is 0.490 e. The molecule has 0 atom stereocenters. The summed E-state index contributed by atoms with van der Waals surface area (Å²) in [5.41, 5.74) is 2.57. The van der Waals surface area contributed by atoms with Gasteiger partial charge in [-0.05, 0) is 54.1 Å². The Morgan fingerprint density at radius 1 is 1.03 bits per heavy atom. The van der Waals surface area contributed by atoms with Crippen molar-refractivity contribution in [2.24, 2.45) is 10.1 Å². The van der Waals surface area contributed by atoms with Crippen LogP contribution in [0.1, 0.15) is 23.6 Å². The maximum Gasteiger partial charge on any atom is 0.283 e. The van der Waals surface area contributed by atoms with Gasteiger partial charge in [0.15, 0.2) is 17.3 Å². The minimum absolute atomic E-state index is 0.0538. The third-order valence-electron chi connectivity index (χ3n) is 5.37. The Morgan fingerprint density at radius 2 is 1.81 bits per heavy atom. The van der Waals surface area contributed by atoms with E-state index in [2.05, 4.69) is 10.1 Å². The monoisotopic (exact) mass is 516 g/mol. The van der Waals surface area contributed by atoms with Gasteiger partial charge in [-0.2, -0.15) is 15.1 Å². The van der Waals surface area contributed by atoms with Gasteiger partial charge in [0.25, 0.3) is 5.91 Å². The lowest BCUT2D eigenvalue weighted by atomic mass is 10.1. The molecular formula is C27H21ClN4O3S. The van der Waals surface area contributed by atoms with E-state index in [4.69, 9.17) is 26.5 Å². The van der Waals surface area contributed by atoms with Crippen LogP contribution in [-0.4, -0.2) is 33.6 Å². The van der Waals surface area contributed by atoms with Crippen molar-refractivity contribution in [3.05, 3.63) is 100 Å². The van der Waals surface area contributed by atoms with Gasteiger partial charge in [0.2, 0.25) is 5.17 Å². The highest BCUT2D eigenvalue weighted by atomic mass is 35.5. The summed E-state index contributed by atoms with van der Waals surface area (Å²) in [6.07, 6.45) is 1.61. The van der Waals surface area contributed by atoms with Gasteiger partial charge in [-0.25, -0.2) is 0 Å². The molecule has 0 saturated heterocycles. The first-order valence-electron chi connectivity index (χ1n) is 11.2. The Bertz CT molecular complexity index is 1440. The van der Waals surface area contributed by atoms with E-state index in [1.54, 1.807) is 24.3 Å². The first-order valence-corrected chi connectivity index (χ1v) is 12.4. The van der Waals surface area contributed by atoms with Crippen molar-refractivity contribution in [2.45, 2.75) is 13.5 Å². The topological polar surface area (TPSA) is 87.3 Å². The van der Waals surface area contributed by atoms with Gasteiger partial charge in [0.05, 0.1) is 17.2 Å². The molecular weight excluding hydrogens is 496 g/mol. The lowest BCUT2D eigenvalue weighted by molar-refractivity contribution is -0.114. The second-order valence-corrected chi connectivity index (χ2v) is 9.18. The molecule has 3 aromatic carbocycles. The van der Waals surface area contributed by atoms with Crippen LogP contribution in [0.2, 0.25) is 5.02 Å². The van der Waals surface area contributed by atoms with E-state index in [9.17, 15) is 4.79 Å². The number of carbonyl (C=O) groups excluding carboxylic acids is 1. The van der Waals surface area contributed by atoms with Crippen LogP contribution in [0, 0.1) is 5.41 Å². The van der Waals surface area contributed by atoms with Crippen LogP contribution in [-0.2, 0) is 11.4 Å². The molecule has 5 rings (SSSR count). The van der Waals surface area contributed by atoms with Gasteiger partial charge in [-0.3, -0.25) is 10.2 Å². The summed E-state index contributed by atoms with van der Waals surface area (Å²) < 4.78 is 11.8. The van der Waals surface area contributed by atoms with Crippen molar-refractivity contribution in [1.29, 1.82) is 5.41 Å². The molecule has 1 N–H and O–H groups in total. The van der Waals surface area contributed by atoms with Crippen LogP contribution in [0.25, 0.3) is 6.08 Å². The quantitative estimate of drug-likeness (QED) is 0.390. The summed E-state index contributed by atoms with van der Waals surface area (Å²) in [5, 5.41) is 15.9. The highest BCUT2D eigenvalue weighted by Crippen LogP contribution is 2.34. The lowest BCUT2D eigenvalue weighted by Crippen LogP contribution is -2.35. The summed E-state index contributed by atoms with van der Waals surface area (Å²) in [6.45, 7) is 2.75. The Morgan fingerprint density at radius 3 is 2.58 bits per heavy atom. The molecule has 3 aromatic rings. The number of fused-ring (bicyclic) bond motifs is 1. The van der Waals surface area contributed by atoms with Gasteiger partial charge in [0.1, 0.15) is 11.7 Å². The number of amidine groups is 2. The predicted octanol–water partition coefficient (Wildman–Crippen LogP) is 5.99. The average molecular weight is 517 g/mol. The maximum absolute atomic E-state index is 12.8. The number of hydrazone groups is 1. The van der Waals surface area contributed by atoms with Gasteiger partial charge in [0, 0.05) is 5.56 Å². The number of amides is 1. The average Bonchev–Trinajstić information content (AvgIpc) is 3.31. The Kier molecular flexibility index (Phi) is 6.88. The number of halogens is 1. The number of nitrogens with zero attached hydrogens (tertiary/aromatic N) is 3. The highest BCUT2D eigenvalue weighted by molar-refractivity contribution is 8.27. The Labute approximate surface area is 217 Å². The van der Waals surface area contributed by atoms with Gasteiger partial charge < -0.3 is 9.47 Å². The van der Waals surface area contributed by atoms with Crippen molar-refractivity contribution >= 4 is 51.4 Å². The minimum Gasteiger partial charge on any atom is -0.490 e. The molecule has 1 amide bonds. The molecule has 2 heterocycles. The van der Waals surface area contributed by atoms with Crippen LogP contribution >= 0.6 is 23.4 Å². The number of carbonyl (C=O) groups is 1. The molecule has 0 saturated carbocycles. The van der Waals surface area contributed by atoms with Gasteiger partial charge in [-0.15, -0.1) is 0 Å². The fourth-order valence-electron chi connectivity index (χ4n) is 3.64. The number of thioether (sulfide) groups is 1. The van der Waals surface area contributed by atoms with Crippen LogP contribution in [0.5, 0.6) is 11.5 Å². The molecule has 0 spiro atoms. The number of aliphatic imine (C=N–C) groups is 1. The van der Waals surface area contributed by atoms with Crippen molar-refractivity contribution in [3.63, 3.8) is 0 Å². The van der Waals surface area contributed by atoms with E-state index >= 15 is 0 Å². The second-order valence-electron chi connectivity index (χ2n) is 7.82. The van der Waals surface area contributed by atoms with E-state index < -0.39 is 5.91 Å². The third kappa shape index (κ3) is 4.91. The van der Waals surface area contributed by atoms with Crippen molar-refractivity contribution in [2.75, 3.05) is 6.61 Å². The number of nitrogens with one attached hydrogen (secondary N) is 1. The fraction of sp³-hybridized carbons (Fsp3) is 0.111. The Balaban J connectivity index is 1.40. The first kappa shape index (κ1) is 23.8. The van der Waals surface area contributed by atoms with Crippen LogP contribution in [0.3, 0.4) is 0 Å². The summed E-state index contributed by atoms with van der Waals surface area (Å²) >= 11 is 7.51. The van der Waals surface area contributed by atoms with E-state index in [1.807, 2.05) is 61.5 Å². The normalized spacial score (nSPS) is 16.1. The summed E-state index contributed by atoms with van der Waals surface area (Å²) in [5.74, 6) is 0.592. The van der Waals surface area contributed by atoms with Crippen LogP contribution in [0.4, 0.5) is 0 Å². The summed E-state index contributed by atoms with van der Waals surface area (Å²) in [4.78, 5) is 17.0. The molecule has 0 radical (unpaired) electrons. The standard InChI is InChI=1S/C27H21ClN4O3S/c1-2-34-23-15-18(12-13-22(23)35-16-17-8-4-3-5-9-17)14-20-24(29)32-27(30-25(20)33)36-26(31-32)19-10-6-7-11-21(19)28/h3-15,29H,2,16H2,1H3/b20-14-,29-24?. The van der Waals surface area contributed by atoms with Crippen molar-refractivity contribution in [1.82, 2.24) is 5.01 Å². The molecule has 180 valence electrons. The molecule has 36 heavy (non-hydrogen) atoms. The number of rotatable bonds is 7. The summed E-state index contributed by atoms with van der Waals surface area (Å²) in [7, 11) is 0.